The summed E-state index contributed by atoms with van der Waals surface area (Å²) in [6.07, 6.45) is 1.06. The van der Waals surface area contributed by atoms with E-state index in [-0.39, 0.29) is 0 Å². The van der Waals surface area contributed by atoms with Crippen molar-refractivity contribution in [2.24, 2.45) is 5.92 Å². The zero-order chi connectivity index (χ0) is 12.8. The normalized spacial score (nSPS) is 14.3. The molecule has 0 saturated carbocycles. The number of rotatable bonds is 6. The molecule has 0 radical (unpaired) electrons. The molecule has 0 fully saturated rings. The Bertz CT molecular complexity index is 393. The third-order valence-electron chi connectivity index (χ3n) is 2.72. The summed E-state index contributed by atoms with van der Waals surface area (Å²) in [5.41, 5.74) is 7.39. The van der Waals surface area contributed by atoms with Crippen LogP contribution in [0.1, 0.15) is 25.8 Å². The minimum absolute atomic E-state index is 0.499. The van der Waals surface area contributed by atoms with Crippen LogP contribution in [0.15, 0.2) is 18.2 Å². The van der Waals surface area contributed by atoms with E-state index in [9.17, 15) is 4.21 Å². The minimum Gasteiger partial charge on any atom is -0.497 e. The largest absolute Gasteiger partial charge is 0.497 e. The van der Waals surface area contributed by atoms with Gasteiger partial charge in [0.2, 0.25) is 0 Å². The highest BCUT2D eigenvalue weighted by molar-refractivity contribution is 7.84. The number of nitrogen functional groups attached to an aromatic ring is 1. The second kappa shape index (κ2) is 6.64. The molecule has 3 nitrogen and oxygen atoms in total. The molecule has 2 atom stereocenters. The lowest BCUT2D eigenvalue weighted by atomic mass is 10.2. The maximum atomic E-state index is 11.9. The van der Waals surface area contributed by atoms with Gasteiger partial charge in [0.05, 0.1) is 7.11 Å². The fraction of sp³-hybridized carbons (Fsp3) is 0.538. The summed E-state index contributed by atoms with van der Waals surface area (Å²) in [7, 11) is 0.775. The Balaban J connectivity index is 2.67. The summed E-state index contributed by atoms with van der Waals surface area (Å²) in [5, 5.41) is 0. The Kier molecular flexibility index (Phi) is 5.48. The van der Waals surface area contributed by atoms with Crippen molar-refractivity contribution in [2.75, 3.05) is 18.6 Å². The van der Waals surface area contributed by atoms with Crippen LogP contribution in [0.3, 0.4) is 0 Å². The highest BCUT2D eigenvalue weighted by atomic mass is 32.2. The van der Waals surface area contributed by atoms with Crippen molar-refractivity contribution in [3.05, 3.63) is 23.8 Å². The predicted molar refractivity (Wildman–Crippen MR) is 73.6 cm³/mol. The SMILES string of the molecule is CCC(C)CS(=O)Cc1cc(N)cc(OC)c1. The van der Waals surface area contributed by atoms with Crippen molar-refractivity contribution in [3.63, 3.8) is 0 Å². The van der Waals surface area contributed by atoms with Gasteiger partial charge in [-0.2, -0.15) is 0 Å². The van der Waals surface area contributed by atoms with E-state index in [1.165, 1.54) is 0 Å². The lowest BCUT2D eigenvalue weighted by Gasteiger charge is -2.09. The van der Waals surface area contributed by atoms with Crippen LogP contribution in [0.4, 0.5) is 5.69 Å². The number of hydrogen-bond donors (Lipinski definition) is 1. The molecule has 2 N–H and O–H groups in total. The van der Waals surface area contributed by atoms with E-state index in [1.54, 1.807) is 13.2 Å². The average molecular weight is 255 g/mol. The fourth-order valence-corrected chi connectivity index (χ4v) is 3.09. The molecule has 17 heavy (non-hydrogen) atoms. The summed E-state index contributed by atoms with van der Waals surface area (Å²) in [5.74, 6) is 2.51. The molecule has 1 aromatic rings. The molecular formula is C13H21NO2S. The number of ether oxygens (including phenoxy) is 1. The monoisotopic (exact) mass is 255 g/mol. The molecule has 4 heteroatoms. The van der Waals surface area contributed by atoms with E-state index in [0.717, 1.165) is 23.5 Å². The number of hydrogen-bond acceptors (Lipinski definition) is 3. The van der Waals surface area contributed by atoms with Crippen LogP contribution in [0.25, 0.3) is 0 Å². The van der Waals surface area contributed by atoms with Crippen LogP contribution in [0, 0.1) is 5.92 Å². The molecule has 0 aliphatic heterocycles. The van der Waals surface area contributed by atoms with Gasteiger partial charge in [-0.05, 0) is 23.6 Å². The fourth-order valence-electron chi connectivity index (χ4n) is 1.57. The first-order valence-electron chi connectivity index (χ1n) is 5.83. The van der Waals surface area contributed by atoms with Gasteiger partial charge >= 0.3 is 0 Å². The number of anilines is 1. The van der Waals surface area contributed by atoms with E-state index in [0.29, 0.717) is 17.4 Å². The molecule has 1 rings (SSSR count). The van der Waals surface area contributed by atoms with Crippen LogP contribution < -0.4 is 10.5 Å². The molecule has 1 aromatic carbocycles. The summed E-state index contributed by atoms with van der Waals surface area (Å²) in [6, 6.07) is 5.52. The second-order valence-corrected chi connectivity index (χ2v) is 5.88. The smallest absolute Gasteiger partial charge is 0.121 e. The van der Waals surface area contributed by atoms with Crippen molar-refractivity contribution in [1.82, 2.24) is 0 Å². The van der Waals surface area contributed by atoms with Gasteiger partial charge in [0, 0.05) is 34.1 Å². The van der Waals surface area contributed by atoms with Crippen molar-refractivity contribution < 1.29 is 8.95 Å². The first kappa shape index (κ1) is 14.0. The highest BCUT2D eigenvalue weighted by Crippen LogP contribution is 2.20. The summed E-state index contributed by atoms with van der Waals surface area (Å²) < 4.78 is 17.1. The quantitative estimate of drug-likeness (QED) is 0.795. The van der Waals surface area contributed by atoms with Crippen molar-refractivity contribution in [3.8, 4) is 5.75 Å². The third kappa shape index (κ3) is 4.77. The minimum atomic E-state index is -0.831. The Labute approximate surface area is 106 Å². The molecule has 0 aliphatic rings. The van der Waals surface area contributed by atoms with Crippen LogP contribution >= 0.6 is 0 Å². The van der Waals surface area contributed by atoms with Gasteiger partial charge in [-0.15, -0.1) is 0 Å². The van der Waals surface area contributed by atoms with Gasteiger partial charge in [0.25, 0.3) is 0 Å². The molecule has 0 heterocycles. The molecule has 0 aromatic heterocycles. The van der Waals surface area contributed by atoms with Crippen LogP contribution in [-0.2, 0) is 16.6 Å². The van der Waals surface area contributed by atoms with Crippen molar-refractivity contribution in [1.29, 1.82) is 0 Å². The van der Waals surface area contributed by atoms with E-state index < -0.39 is 10.8 Å². The first-order chi connectivity index (χ1) is 8.05. The van der Waals surface area contributed by atoms with Gasteiger partial charge in [0.1, 0.15) is 5.75 Å². The first-order valence-corrected chi connectivity index (χ1v) is 7.32. The molecule has 0 aliphatic carbocycles. The van der Waals surface area contributed by atoms with Gasteiger partial charge in [-0.3, -0.25) is 4.21 Å². The molecule has 0 bridgehead atoms. The molecule has 0 spiro atoms. The lowest BCUT2D eigenvalue weighted by Crippen LogP contribution is -2.09. The standard InChI is InChI=1S/C13H21NO2S/c1-4-10(2)8-17(15)9-11-5-12(14)7-13(6-11)16-3/h5-7,10H,4,8-9,14H2,1-3H3. The number of nitrogens with two attached hydrogens (primary N) is 1. The second-order valence-electron chi connectivity index (χ2n) is 4.38. The predicted octanol–water partition coefficient (Wildman–Crippen LogP) is 2.57. The van der Waals surface area contributed by atoms with Gasteiger partial charge in [0.15, 0.2) is 0 Å². The summed E-state index contributed by atoms with van der Waals surface area (Å²) in [6.45, 7) is 4.24. The average Bonchev–Trinajstić information content (AvgIpc) is 2.27. The Morgan fingerprint density at radius 3 is 2.71 bits per heavy atom. The Morgan fingerprint density at radius 2 is 2.12 bits per heavy atom. The highest BCUT2D eigenvalue weighted by Gasteiger charge is 2.08. The number of benzene rings is 1. The van der Waals surface area contributed by atoms with E-state index in [2.05, 4.69) is 13.8 Å². The van der Waals surface area contributed by atoms with E-state index in [1.807, 2.05) is 12.1 Å². The summed E-state index contributed by atoms with van der Waals surface area (Å²) in [4.78, 5) is 0. The van der Waals surface area contributed by atoms with Crippen molar-refractivity contribution in [2.45, 2.75) is 26.0 Å². The van der Waals surface area contributed by atoms with Crippen molar-refractivity contribution >= 4 is 16.5 Å². The van der Waals surface area contributed by atoms with Crippen LogP contribution in [0.5, 0.6) is 5.75 Å². The maximum absolute atomic E-state index is 11.9. The van der Waals surface area contributed by atoms with E-state index in [4.69, 9.17) is 10.5 Å². The molecule has 96 valence electrons. The molecule has 2 unspecified atom stereocenters. The summed E-state index contributed by atoms with van der Waals surface area (Å²) >= 11 is 0. The topological polar surface area (TPSA) is 52.3 Å². The van der Waals surface area contributed by atoms with E-state index >= 15 is 0 Å². The Hall–Kier alpha value is -1.03. The van der Waals surface area contributed by atoms with Crippen LogP contribution in [-0.4, -0.2) is 17.1 Å². The zero-order valence-electron chi connectivity index (χ0n) is 10.7. The molecule has 0 amide bonds. The van der Waals surface area contributed by atoms with Gasteiger partial charge in [-0.25, -0.2) is 0 Å². The molecular weight excluding hydrogens is 234 g/mol. The third-order valence-corrected chi connectivity index (χ3v) is 4.32. The maximum Gasteiger partial charge on any atom is 0.121 e. The molecule has 0 saturated heterocycles. The zero-order valence-corrected chi connectivity index (χ0v) is 11.5. The van der Waals surface area contributed by atoms with Gasteiger partial charge in [-0.1, -0.05) is 20.3 Å². The van der Waals surface area contributed by atoms with Crippen LogP contribution in [0.2, 0.25) is 0 Å². The lowest BCUT2D eigenvalue weighted by molar-refractivity contribution is 0.414. The Morgan fingerprint density at radius 1 is 1.41 bits per heavy atom. The van der Waals surface area contributed by atoms with Gasteiger partial charge < -0.3 is 10.5 Å². The number of methoxy groups -OCH3 is 1.